The molecule has 0 spiro atoms. The minimum absolute atomic E-state index is 0.213. The van der Waals surface area contributed by atoms with Crippen LogP contribution in [-0.2, 0) is 11.2 Å². The van der Waals surface area contributed by atoms with Crippen LogP contribution in [0, 0.1) is 0 Å². The van der Waals surface area contributed by atoms with Gasteiger partial charge in [-0.15, -0.1) is 0 Å². The molecular weight excluding hydrogens is 272 g/mol. The lowest BCUT2D eigenvalue weighted by Crippen LogP contribution is -2.20. The van der Waals surface area contributed by atoms with Crippen molar-refractivity contribution in [2.24, 2.45) is 5.10 Å². The zero-order valence-electron chi connectivity index (χ0n) is 11.2. The van der Waals surface area contributed by atoms with Gasteiger partial charge in [0.25, 0.3) is 0 Å². The number of hydrogen-bond donors (Lipinski definition) is 1. The van der Waals surface area contributed by atoms with Crippen molar-refractivity contribution in [3.8, 4) is 11.5 Å². The van der Waals surface area contributed by atoms with Crippen molar-refractivity contribution >= 4 is 12.1 Å². The van der Waals surface area contributed by atoms with Crippen LogP contribution >= 0.6 is 0 Å². The third-order valence-electron chi connectivity index (χ3n) is 2.90. The Morgan fingerprint density at radius 2 is 2.10 bits per heavy atom. The minimum atomic E-state index is -0.213. The Bertz CT molecular complexity index is 650. The van der Waals surface area contributed by atoms with E-state index in [1.165, 1.54) is 6.21 Å². The standard InChI is InChI=1S/C15H14N2O4/c18-15(17-16-10-12-2-1-5-19-12)9-11-3-4-13-14(8-11)21-7-6-20-13/h1-5,8,10H,6-7,9H2,(H,17,18)/b16-10-. The summed E-state index contributed by atoms with van der Waals surface area (Å²) in [7, 11) is 0. The molecule has 6 nitrogen and oxygen atoms in total. The fraction of sp³-hybridized carbons (Fsp3) is 0.200. The number of hydrogen-bond acceptors (Lipinski definition) is 5. The molecule has 2 aromatic rings. The van der Waals surface area contributed by atoms with Crippen molar-refractivity contribution < 1.29 is 18.7 Å². The molecule has 108 valence electrons. The smallest absolute Gasteiger partial charge is 0.244 e. The first-order valence-electron chi connectivity index (χ1n) is 6.55. The lowest BCUT2D eigenvalue weighted by molar-refractivity contribution is -0.120. The topological polar surface area (TPSA) is 73.1 Å². The molecule has 1 aliphatic heterocycles. The van der Waals surface area contributed by atoms with E-state index in [1.807, 2.05) is 18.2 Å². The lowest BCUT2D eigenvalue weighted by atomic mass is 10.1. The monoisotopic (exact) mass is 286 g/mol. The van der Waals surface area contributed by atoms with Gasteiger partial charge in [0.05, 0.1) is 18.9 Å². The van der Waals surface area contributed by atoms with Gasteiger partial charge in [0.15, 0.2) is 11.5 Å². The molecule has 0 saturated carbocycles. The molecule has 21 heavy (non-hydrogen) atoms. The van der Waals surface area contributed by atoms with Crippen LogP contribution in [0.5, 0.6) is 11.5 Å². The predicted molar refractivity (Wildman–Crippen MR) is 75.6 cm³/mol. The fourth-order valence-corrected chi connectivity index (χ4v) is 1.96. The third-order valence-corrected chi connectivity index (χ3v) is 2.90. The van der Waals surface area contributed by atoms with Gasteiger partial charge in [-0.25, -0.2) is 5.43 Å². The number of ether oxygens (including phenoxy) is 2. The van der Waals surface area contributed by atoms with E-state index < -0.39 is 0 Å². The summed E-state index contributed by atoms with van der Waals surface area (Å²) in [5.41, 5.74) is 3.29. The first kappa shape index (κ1) is 13.2. The summed E-state index contributed by atoms with van der Waals surface area (Å²) >= 11 is 0. The molecule has 0 aliphatic carbocycles. The van der Waals surface area contributed by atoms with Crippen LogP contribution in [-0.4, -0.2) is 25.3 Å². The summed E-state index contributed by atoms with van der Waals surface area (Å²) in [6.07, 6.45) is 3.20. The molecule has 3 rings (SSSR count). The molecule has 0 fully saturated rings. The lowest BCUT2D eigenvalue weighted by Gasteiger charge is -2.18. The van der Waals surface area contributed by atoms with Gasteiger partial charge in [0.2, 0.25) is 5.91 Å². The van der Waals surface area contributed by atoms with Gasteiger partial charge >= 0.3 is 0 Å². The van der Waals surface area contributed by atoms with Crippen molar-refractivity contribution in [2.45, 2.75) is 6.42 Å². The van der Waals surface area contributed by atoms with Gasteiger partial charge in [-0.2, -0.15) is 5.10 Å². The van der Waals surface area contributed by atoms with E-state index in [0.717, 1.165) is 5.56 Å². The Hall–Kier alpha value is -2.76. The number of furan rings is 1. The molecule has 0 atom stereocenters. The molecule has 0 unspecified atom stereocenters. The highest BCUT2D eigenvalue weighted by atomic mass is 16.6. The molecule has 2 heterocycles. The molecule has 0 bridgehead atoms. The van der Waals surface area contributed by atoms with Crippen LogP contribution in [0.3, 0.4) is 0 Å². The highest BCUT2D eigenvalue weighted by molar-refractivity contribution is 5.81. The quantitative estimate of drug-likeness (QED) is 0.686. The van der Waals surface area contributed by atoms with Gasteiger partial charge in [-0.05, 0) is 29.8 Å². The number of nitrogens with zero attached hydrogens (tertiary/aromatic N) is 1. The van der Waals surface area contributed by atoms with Crippen LogP contribution in [0.1, 0.15) is 11.3 Å². The Balaban J connectivity index is 1.57. The molecule has 0 saturated heterocycles. The molecule has 1 aromatic carbocycles. The van der Waals surface area contributed by atoms with E-state index in [9.17, 15) is 4.79 Å². The fourth-order valence-electron chi connectivity index (χ4n) is 1.96. The highest BCUT2D eigenvalue weighted by Crippen LogP contribution is 2.30. The molecule has 1 N–H and O–H groups in total. The zero-order chi connectivity index (χ0) is 14.5. The van der Waals surface area contributed by atoms with E-state index in [-0.39, 0.29) is 12.3 Å². The number of hydrazone groups is 1. The first-order valence-corrected chi connectivity index (χ1v) is 6.55. The number of amides is 1. The van der Waals surface area contributed by atoms with E-state index in [0.29, 0.717) is 30.5 Å². The minimum Gasteiger partial charge on any atom is -0.486 e. The van der Waals surface area contributed by atoms with Crippen molar-refractivity contribution in [3.63, 3.8) is 0 Å². The number of fused-ring (bicyclic) bond motifs is 1. The highest BCUT2D eigenvalue weighted by Gasteiger charge is 2.12. The average molecular weight is 286 g/mol. The van der Waals surface area contributed by atoms with Crippen LogP contribution in [0.2, 0.25) is 0 Å². The van der Waals surface area contributed by atoms with Gasteiger partial charge in [0, 0.05) is 0 Å². The zero-order valence-corrected chi connectivity index (χ0v) is 11.2. The predicted octanol–water partition coefficient (Wildman–Crippen LogP) is 1.74. The maximum atomic E-state index is 11.8. The summed E-state index contributed by atoms with van der Waals surface area (Å²) in [6.45, 7) is 1.07. The maximum Gasteiger partial charge on any atom is 0.244 e. The summed E-state index contributed by atoms with van der Waals surface area (Å²) < 4.78 is 16.0. The Labute approximate surface area is 121 Å². The van der Waals surface area contributed by atoms with Crippen molar-refractivity contribution in [2.75, 3.05) is 13.2 Å². The van der Waals surface area contributed by atoms with Crippen LogP contribution in [0.15, 0.2) is 46.1 Å². The molecule has 1 aromatic heterocycles. The van der Waals surface area contributed by atoms with E-state index in [1.54, 1.807) is 18.4 Å². The summed E-state index contributed by atoms with van der Waals surface area (Å²) in [4.78, 5) is 11.8. The van der Waals surface area contributed by atoms with Gasteiger partial charge in [-0.3, -0.25) is 4.79 Å². The van der Waals surface area contributed by atoms with Crippen LogP contribution in [0.4, 0.5) is 0 Å². The number of carbonyl (C=O) groups excluding carboxylic acids is 1. The van der Waals surface area contributed by atoms with E-state index >= 15 is 0 Å². The van der Waals surface area contributed by atoms with Crippen molar-refractivity contribution in [3.05, 3.63) is 47.9 Å². The van der Waals surface area contributed by atoms with Gasteiger partial charge in [0.1, 0.15) is 19.0 Å². The molecular formula is C15H14N2O4. The third kappa shape index (κ3) is 3.42. The van der Waals surface area contributed by atoms with E-state index in [4.69, 9.17) is 13.9 Å². The van der Waals surface area contributed by atoms with Gasteiger partial charge < -0.3 is 13.9 Å². The van der Waals surface area contributed by atoms with Crippen LogP contribution in [0.25, 0.3) is 0 Å². The number of carbonyl (C=O) groups is 1. The maximum absolute atomic E-state index is 11.8. The Morgan fingerprint density at radius 1 is 1.24 bits per heavy atom. The second kappa shape index (κ2) is 6.13. The number of rotatable bonds is 4. The summed E-state index contributed by atoms with van der Waals surface area (Å²) in [5.74, 6) is 1.75. The average Bonchev–Trinajstić information content (AvgIpc) is 3.00. The molecule has 1 amide bonds. The summed E-state index contributed by atoms with van der Waals surface area (Å²) in [5, 5.41) is 3.82. The molecule has 6 heteroatoms. The van der Waals surface area contributed by atoms with Gasteiger partial charge in [-0.1, -0.05) is 6.07 Å². The molecule has 1 aliphatic rings. The molecule has 0 radical (unpaired) electrons. The number of benzene rings is 1. The largest absolute Gasteiger partial charge is 0.486 e. The normalized spacial score (nSPS) is 13.3. The first-order chi connectivity index (χ1) is 10.3. The van der Waals surface area contributed by atoms with Crippen molar-refractivity contribution in [1.82, 2.24) is 5.43 Å². The van der Waals surface area contributed by atoms with Crippen LogP contribution < -0.4 is 14.9 Å². The Kier molecular flexibility index (Phi) is 3.86. The Morgan fingerprint density at radius 3 is 2.90 bits per heavy atom. The van der Waals surface area contributed by atoms with Crippen molar-refractivity contribution in [1.29, 1.82) is 0 Å². The number of nitrogens with one attached hydrogen (secondary N) is 1. The SMILES string of the molecule is O=C(Cc1ccc2c(c1)OCCO2)N/N=C\c1ccco1. The summed E-state index contributed by atoms with van der Waals surface area (Å²) in [6, 6.07) is 8.95. The second-order valence-electron chi connectivity index (χ2n) is 4.46. The second-order valence-corrected chi connectivity index (χ2v) is 4.46. The van der Waals surface area contributed by atoms with E-state index in [2.05, 4.69) is 10.5 Å².